The standard InChI is InChI=1S/C13H11F2NO2/c1-9(17)16(8-13-3-2-4-18-13)12-6-10(14)5-11(15)7-12/h2-7H,8H2,1H3. The minimum Gasteiger partial charge on any atom is -0.467 e. The molecule has 2 aromatic rings. The van der Waals surface area contributed by atoms with Gasteiger partial charge in [-0.1, -0.05) is 0 Å². The van der Waals surface area contributed by atoms with Crippen LogP contribution in [0.2, 0.25) is 0 Å². The molecule has 3 nitrogen and oxygen atoms in total. The number of furan rings is 1. The number of benzene rings is 1. The van der Waals surface area contributed by atoms with E-state index in [4.69, 9.17) is 4.42 Å². The van der Waals surface area contributed by atoms with Gasteiger partial charge in [0.2, 0.25) is 5.91 Å². The average molecular weight is 251 g/mol. The topological polar surface area (TPSA) is 33.5 Å². The summed E-state index contributed by atoms with van der Waals surface area (Å²) in [6.07, 6.45) is 1.47. The second-order valence-electron chi connectivity index (χ2n) is 3.81. The summed E-state index contributed by atoms with van der Waals surface area (Å²) in [6.45, 7) is 1.46. The molecule has 2 rings (SSSR count). The van der Waals surface area contributed by atoms with Crippen LogP contribution in [0.25, 0.3) is 0 Å². The van der Waals surface area contributed by atoms with E-state index in [9.17, 15) is 13.6 Å². The van der Waals surface area contributed by atoms with Crippen molar-refractivity contribution in [2.45, 2.75) is 13.5 Å². The van der Waals surface area contributed by atoms with Gasteiger partial charge in [0.15, 0.2) is 0 Å². The monoisotopic (exact) mass is 251 g/mol. The zero-order valence-corrected chi connectivity index (χ0v) is 9.69. The summed E-state index contributed by atoms with van der Waals surface area (Å²) < 4.78 is 31.4. The van der Waals surface area contributed by atoms with E-state index in [1.165, 1.54) is 18.1 Å². The van der Waals surface area contributed by atoms with Crippen LogP contribution in [-0.4, -0.2) is 5.91 Å². The molecule has 0 atom stereocenters. The van der Waals surface area contributed by atoms with Gasteiger partial charge in [-0.25, -0.2) is 8.78 Å². The Morgan fingerprint density at radius 1 is 1.28 bits per heavy atom. The van der Waals surface area contributed by atoms with Crippen LogP contribution in [0.15, 0.2) is 41.0 Å². The first-order chi connectivity index (χ1) is 8.56. The molecular weight excluding hydrogens is 240 g/mol. The highest BCUT2D eigenvalue weighted by Gasteiger charge is 2.15. The number of nitrogens with zero attached hydrogens (tertiary/aromatic N) is 1. The number of hydrogen-bond acceptors (Lipinski definition) is 2. The molecule has 5 heteroatoms. The van der Waals surface area contributed by atoms with Crippen molar-refractivity contribution in [1.82, 2.24) is 0 Å². The van der Waals surface area contributed by atoms with Gasteiger partial charge in [-0.15, -0.1) is 0 Å². The molecular formula is C13H11F2NO2. The Morgan fingerprint density at radius 2 is 1.94 bits per heavy atom. The summed E-state index contributed by atoms with van der Waals surface area (Å²) in [4.78, 5) is 12.8. The van der Waals surface area contributed by atoms with Crippen molar-refractivity contribution < 1.29 is 18.0 Å². The maximum Gasteiger partial charge on any atom is 0.224 e. The highest BCUT2D eigenvalue weighted by molar-refractivity contribution is 5.91. The first-order valence-electron chi connectivity index (χ1n) is 5.33. The lowest BCUT2D eigenvalue weighted by Crippen LogP contribution is -2.27. The predicted octanol–water partition coefficient (Wildman–Crippen LogP) is 3.11. The third-order valence-corrected chi connectivity index (χ3v) is 2.43. The van der Waals surface area contributed by atoms with Gasteiger partial charge in [0.1, 0.15) is 17.4 Å². The average Bonchev–Trinajstić information content (AvgIpc) is 2.76. The lowest BCUT2D eigenvalue weighted by Gasteiger charge is -2.20. The SMILES string of the molecule is CC(=O)N(Cc1ccco1)c1cc(F)cc(F)c1. The van der Waals surface area contributed by atoms with Crippen molar-refractivity contribution in [1.29, 1.82) is 0 Å². The van der Waals surface area contributed by atoms with Gasteiger partial charge in [-0.3, -0.25) is 4.79 Å². The van der Waals surface area contributed by atoms with Gasteiger partial charge in [0, 0.05) is 18.7 Å². The molecule has 1 aromatic heterocycles. The van der Waals surface area contributed by atoms with Crippen LogP contribution in [0.3, 0.4) is 0 Å². The van der Waals surface area contributed by atoms with Gasteiger partial charge >= 0.3 is 0 Å². The van der Waals surface area contributed by atoms with E-state index in [0.29, 0.717) is 5.76 Å². The highest BCUT2D eigenvalue weighted by atomic mass is 19.1. The Morgan fingerprint density at radius 3 is 2.44 bits per heavy atom. The van der Waals surface area contributed by atoms with Crippen LogP contribution in [0.5, 0.6) is 0 Å². The Bertz CT molecular complexity index is 532. The predicted molar refractivity (Wildman–Crippen MR) is 61.9 cm³/mol. The molecule has 0 saturated heterocycles. The number of carbonyl (C=O) groups is 1. The van der Waals surface area contributed by atoms with Crippen molar-refractivity contribution in [3.63, 3.8) is 0 Å². The molecule has 18 heavy (non-hydrogen) atoms. The van der Waals surface area contributed by atoms with Crippen molar-refractivity contribution >= 4 is 11.6 Å². The van der Waals surface area contributed by atoms with Gasteiger partial charge < -0.3 is 9.32 Å². The number of carbonyl (C=O) groups excluding carboxylic acids is 1. The van der Waals surface area contributed by atoms with Crippen molar-refractivity contribution in [2.75, 3.05) is 4.90 Å². The maximum atomic E-state index is 13.1. The fourth-order valence-electron chi connectivity index (χ4n) is 1.64. The normalized spacial score (nSPS) is 10.4. The molecule has 0 spiro atoms. The lowest BCUT2D eigenvalue weighted by atomic mass is 10.2. The maximum absolute atomic E-state index is 13.1. The lowest BCUT2D eigenvalue weighted by molar-refractivity contribution is -0.116. The zero-order valence-electron chi connectivity index (χ0n) is 9.69. The molecule has 0 radical (unpaired) electrons. The van der Waals surface area contributed by atoms with Crippen LogP contribution < -0.4 is 4.90 Å². The van der Waals surface area contributed by atoms with Crippen LogP contribution >= 0.6 is 0 Å². The van der Waals surface area contributed by atoms with E-state index >= 15 is 0 Å². The van der Waals surface area contributed by atoms with Gasteiger partial charge in [0.05, 0.1) is 12.8 Å². The molecule has 0 unspecified atom stereocenters. The number of rotatable bonds is 3. The summed E-state index contributed by atoms with van der Waals surface area (Å²) in [7, 11) is 0. The number of amides is 1. The first-order valence-corrected chi connectivity index (χ1v) is 5.33. The number of halogens is 2. The second-order valence-corrected chi connectivity index (χ2v) is 3.81. The first kappa shape index (κ1) is 12.3. The van der Waals surface area contributed by atoms with E-state index in [1.807, 2.05) is 0 Å². The minimum absolute atomic E-state index is 0.130. The van der Waals surface area contributed by atoms with E-state index in [1.54, 1.807) is 12.1 Å². The van der Waals surface area contributed by atoms with Gasteiger partial charge in [0.25, 0.3) is 0 Å². The summed E-state index contributed by atoms with van der Waals surface area (Å²) in [5.74, 6) is -1.24. The number of anilines is 1. The minimum atomic E-state index is -0.726. The fraction of sp³-hybridized carbons (Fsp3) is 0.154. The zero-order chi connectivity index (χ0) is 13.1. The summed E-state index contributed by atoms with van der Waals surface area (Å²) in [5.41, 5.74) is 0.163. The molecule has 1 amide bonds. The second kappa shape index (κ2) is 5.00. The Labute approximate surface area is 103 Å². The third-order valence-electron chi connectivity index (χ3n) is 2.43. The van der Waals surface area contributed by atoms with E-state index < -0.39 is 11.6 Å². The molecule has 0 fully saturated rings. The Hall–Kier alpha value is -2.17. The van der Waals surface area contributed by atoms with Crippen molar-refractivity contribution in [3.8, 4) is 0 Å². The van der Waals surface area contributed by atoms with Crippen LogP contribution in [0.4, 0.5) is 14.5 Å². The molecule has 0 aliphatic rings. The van der Waals surface area contributed by atoms with E-state index in [0.717, 1.165) is 18.2 Å². The van der Waals surface area contributed by atoms with E-state index in [-0.39, 0.29) is 18.1 Å². The fourth-order valence-corrected chi connectivity index (χ4v) is 1.64. The van der Waals surface area contributed by atoms with Crippen LogP contribution in [0, 0.1) is 11.6 Å². The smallest absolute Gasteiger partial charge is 0.224 e. The highest BCUT2D eigenvalue weighted by Crippen LogP contribution is 2.20. The van der Waals surface area contributed by atoms with E-state index in [2.05, 4.69) is 0 Å². The Balaban J connectivity index is 2.32. The van der Waals surface area contributed by atoms with Crippen molar-refractivity contribution in [2.24, 2.45) is 0 Å². The molecule has 0 saturated carbocycles. The van der Waals surface area contributed by atoms with Crippen molar-refractivity contribution in [3.05, 3.63) is 54.0 Å². The van der Waals surface area contributed by atoms with Crippen LogP contribution in [0.1, 0.15) is 12.7 Å². The molecule has 0 N–H and O–H groups in total. The third kappa shape index (κ3) is 2.74. The molecule has 1 heterocycles. The molecule has 1 aromatic carbocycles. The Kier molecular flexibility index (Phi) is 3.41. The summed E-state index contributed by atoms with van der Waals surface area (Å²) >= 11 is 0. The molecule has 0 aliphatic carbocycles. The molecule has 0 bridgehead atoms. The largest absolute Gasteiger partial charge is 0.467 e. The van der Waals surface area contributed by atoms with Gasteiger partial charge in [-0.2, -0.15) is 0 Å². The van der Waals surface area contributed by atoms with Gasteiger partial charge in [-0.05, 0) is 24.3 Å². The summed E-state index contributed by atoms with van der Waals surface area (Å²) in [5, 5.41) is 0. The quantitative estimate of drug-likeness (QED) is 0.839. The molecule has 94 valence electrons. The number of hydrogen-bond donors (Lipinski definition) is 0. The molecule has 0 aliphatic heterocycles. The van der Waals surface area contributed by atoms with Crippen LogP contribution in [-0.2, 0) is 11.3 Å². The summed E-state index contributed by atoms with van der Waals surface area (Å²) in [6, 6.07) is 6.33.